The Kier molecular flexibility index (Phi) is 4.82. The summed E-state index contributed by atoms with van der Waals surface area (Å²) in [5.41, 5.74) is 0.697. The summed E-state index contributed by atoms with van der Waals surface area (Å²) in [4.78, 5) is 23.0. The number of carbonyl (C=O) groups is 2. The normalized spacial score (nSPS) is 10.0. The van der Waals surface area contributed by atoms with Gasteiger partial charge in [-0.05, 0) is 36.4 Å². The number of aromatic carboxylic acids is 1. The molecule has 2 aromatic rings. The Morgan fingerprint density at radius 2 is 1.86 bits per heavy atom. The molecule has 0 aliphatic heterocycles. The van der Waals surface area contributed by atoms with Gasteiger partial charge in [0.15, 0.2) is 0 Å². The third kappa shape index (κ3) is 4.21. The summed E-state index contributed by atoms with van der Waals surface area (Å²) in [6.45, 7) is 0. The maximum absolute atomic E-state index is 11.9. The molecule has 0 saturated carbocycles. The fourth-order valence-electron chi connectivity index (χ4n) is 1.66. The van der Waals surface area contributed by atoms with Crippen molar-refractivity contribution in [3.05, 3.63) is 57.5 Å². The first-order valence-electron chi connectivity index (χ1n) is 5.82. The van der Waals surface area contributed by atoms with Crippen molar-refractivity contribution in [2.24, 2.45) is 0 Å². The molecule has 108 valence electrons. The number of benzene rings is 2. The molecular weight excluding hydrogens is 360 g/mol. The molecule has 2 rings (SSSR count). The van der Waals surface area contributed by atoms with Crippen molar-refractivity contribution in [3.8, 4) is 0 Å². The Labute approximate surface area is 134 Å². The monoisotopic (exact) mass is 368 g/mol. The van der Waals surface area contributed by atoms with Crippen molar-refractivity contribution in [1.82, 2.24) is 0 Å². The summed E-state index contributed by atoms with van der Waals surface area (Å²) in [7, 11) is 0. The SMILES string of the molecule is O=C(Nc1cccc(Cl)c1)Nc1cc(Br)ccc1C(=O)O. The van der Waals surface area contributed by atoms with Crippen LogP contribution in [0.4, 0.5) is 16.2 Å². The molecule has 0 radical (unpaired) electrons. The molecule has 0 heterocycles. The summed E-state index contributed by atoms with van der Waals surface area (Å²) in [6, 6.07) is 10.6. The summed E-state index contributed by atoms with van der Waals surface area (Å²) in [5.74, 6) is -1.12. The van der Waals surface area contributed by atoms with Crippen LogP contribution in [0, 0.1) is 0 Å². The Balaban J connectivity index is 2.16. The van der Waals surface area contributed by atoms with Crippen LogP contribution in [0.3, 0.4) is 0 Å². The molecule has 2 amide bonds. The molecule has 5 nitrogen and oxygen atoms in total. The molecule has 0 bridgehead atoms. The maximum Gasteiger partial charge on any atom is 0.337 e. The van der Waals surface area contributed by atoms with Gasteiger partial charge in [0.1, 0.15) is 0 Å². The summed E-state index contributed by atoms with van der Waals surface area (Å²) < 4.78 is 0.658. The number of urea groups is 1. The number of nitrogens with one attached hydrogen (secondary N) is 2. The summed E-state index contributed by atoms with van der Waals surface area (Å²) in [6.07, 6.45) is 0. The largest absolute Gasteiger partial charge is 0.478 e. The Morgan fingerprint density at radius 3 is 2.52 bits per heavy atom. The molecule has 0 unspecified atom stereocenters. The second kappa shape index (κ2) is 6.60. The number of carboxylic acid groups (broad SMARTS) is 1. The van der Waals surface area contributed by atoms with Crippen LogP contribution in [0.5, 0.6) is 0 Å². The van der Waals surface area contributed by atoms with E-state index < -0.39 is 12.0 Å². The molecule has 0 aliphatic carbocycles. The standard InChI is InChI=1S/C14H10BrClN2O3/c15-8-4-5-11(13(19)20)12(6-8)18-14(21)17-10-3-1-2-9(16)7-10/h1-7H,(H,19,20)(H2,17,18,21). The molecule has 0 fully saturated rings. The highest BCUT2D eigenvalue weighted by Gasteiger charge is 2.13. The van der Waals surface area contributed by atoms with Gasteiger partial charge < -0.3 is 15.7 Å². The van der Waals surface area contributed by atoms with Crippen LogP contribution in [0.15, 0.2) is 46.9 Å². The lowest BCUT2D eigenvalue weighted by Crippen LogP contribution is -2.21. The van der Waals surface area contributed by atoms with Gasteiger partial charge in [0.05, 0.1) is 11.3 Å². The predicted octanol–water partition coefficient (Wildman–Crippen LogP) is 4.44. The first-order chi connectivity index (χ1) is 9.95. The number of hydrogen-bond donors (Lipinski definition) is 3. The number of rotatable bonds is 3. The highest BCUT2D eigenvalue weighted by molar-refractivity contribution is 9.10. The molecular formula is C14H10BrClN2O3. The highest BCUT2D eigenvalue weighted by Crippen LogP contribution is 2.22. The van der Waals surface area contributed by atoms with Gasteiger partial charge in [-0.15, -0.1) is 0 Å². The Bertz CT molecular complexity index is 706. The first-order valence-corrected chi connectivity index (χ1v) is 6.99. The lowest BCUT2D eigenvalue weighted by molar-refractivity contribution is 0.0698. The molecule has 7 heteroatoms. The van der Waals surface area contributed by atoms with E-state index in [9.17, 15) is 9.59 Å². The minimum absolute atomic E-state index is 0.000515. The van der Waals surface area contributed by atoms with E-state index in [1.54, 1.807) is 30.3 Å². The average molecular weight is 370 g/mol. The maximum atomic E-state index is 11.9. The van der Waals surface area contributed by atoms with E-state index in [-0.39, 0.29) is 11.3 Å². The van der Waals surface area contributed by atoms with Gasteiger partial charge in [-0.3, -0.25) is 0 Å². The number of halogens is 2. The van der Waals surface area contributed by atoms with E-state index in [0.29, 0.717) is 15.2 Å². The van der Waals surface area contributed by atoms with Crippen LogP contribution in [0.25, 0.3) is 0 Å². The lowest BCUT2D eigenvalue weighted by atomic mass is 10.2. The fourth-order valence-corrected chi connectivity index (χ4v) is 2.21. The quantitative estimate of drug-likeness (QED) is 0.748. The van der Waals surface area contributed by atoms with E-state index in [0.717, 1.165) is 0 Å². The van der Waals surface area contributed by atoms with Crippen molar-refractivity contribution < 1.29 is 14.7 Å². The number of carbonyl (C=O) groups excluding carboxylic acids is 1. The second-order valence-corrected chi connectivity index (χ2v) is 5.44. The van der Waals surface area contributed by atoms with Crippen LogP contribution >= 0.6 is 27.5 Å². The molecule has 0 spiro atoms. The van der Waals surface area contributed by atoms with E-state index in [4.69, 9.17) is 16.7 Å². The van der Waals surface area contributed by atoms with Gasteiger partial charge in [0, 0.05) is 15.2 Å². The second-order valence-electron chi connectivity index (χ2n) is 4.08. The number of anilines is 2. The van der Waals surface area contributed by atoms with Crippen LogP contribution in [0.1, 0.15) is 10.4 Å². The fraction of sp³-hybridized carbons (Fsp3) is 0. The molecule has 2 aromatic carbocycles. The number of carboxylic acids is 1. The Hall–Kier alpha value is -2.05. The van der Waals surface area contributed by atoms with Gasteiger partial charge in [0.25, 0.3) is 0 Å². The van der Waals surface area contributed by atoms with Crippen molar-refractivity contribution in [2.75, 3.05) is 10.6 Å². The smallest absolute Gasteiger partial charge is 0.337 e. The molecule has 0 aliphatic rings. The predicted molar refractivity (Wildman–Crippen MR) is 85.2 cm³/mol. The number of hydrogen-bond acceptors (Lipinski definition) is 2. The highest BCUT2D eigenvalue weighted by atomic mass is 79.9. The van der Waals surface area contributed by atoms with E-state index in [2.05, 4.69) is 26.6 Å². The molecule has 3 N–H and O–H groups in total. The van der Waals surface area contributed by atoms with Crippen molar-refractivity contribution in [3.63, 3.8) is 0 Å². The minimum atomic E-state index is -1.12. The minimum Gasteiger partial charge on any atom is -0.478 e. The van der Waals surface area contributed by atoms with Gasteiger partial charge in [-0.25, -0.2) is 9.59 Å². The number of amides is 2. The Morgan fingerprint density at radius 1 is 1.10 bits per heavy atom. The third-order valence-electron chi connectivity index (χ3n) is 2.54. The van der Waals surface area contributed by atoms with Crippen LogP contribution < -0.4 is 10.6 Å². The zero-order valence-electron chi connectivity index (χ0n) is 10.6. The first kappa shape index (κ1) is 15.3. The van der Waals surface area contributed by atoms with E-state index in [1.807, 2.05) is 0 Å². The molecule has 0 aromatic heterocycles. The van der Waals surface area contributed by atoms with E-state index in [1.165, 1.54) is 12.1 Å². The van der Waals surface area contributed by atoms with Crippen molar-refractivity contribution in [1.29, 1.82) is 0 Å². The average Bonchev–Trinajstić information content (AvgIpc) is 2.38. The zero-order chi connectivity index (χ0) is 15.4. The van der Waals surface area contributed by atoms with Gasteiger partial charge in [-0.2, -0.15) is 0 Å². The molecule has 0 atom stereocenters. The van der Waals surface area contributed by atoms with Crippen LogP contribution in [-0.2, 0) is 0 Å². The summed E-state index contributed by atoms with van der Waals surface area (Å²) >= 11 is 9.05. The summed E-state index contributed by atoms with van der Waals surface area (Å²) in [5, 5.41) is 14.6. The van der Waals surface area contributed by atoms with Crippen LogP contribution in [0.2, 0.25) is 5.02 Å². The van der Waals surface area contributed by atoms with Gasteiger partial charge in [-0.1, -0.05) is 33.6 Å². The lowest BCUT2D eigenvalue weighted by Gasteiger charge is -2.10. The van der Waals surface area contributed by atoms with Gasteiger partial charge in [0.2, 0.25) is 0 Å². The zero-order valence-corrected chi connectivity index (χ0v) is 12.9. The van der Waals surface area contributed by atoms with Gasteiger partial charge >= 0.3 is 12.0 Å². The molecule has 0 saturated heterocycles. The third-order valence-corrected chi connectivity index (χ3v) is 3.27. The van der Waals surface area contributed by atoms with Crippen molar-refractivity contribution in [2.45, 2.75) is 0 Å². The van der Waals surface area contributed by atoms with E-state index >= 15 is 0 Å². The van der Waals surface area contributed by atoms with Crippen LogP contribution in [-0.4, -0.2) is 17.1 Å². The topological polar surface area (TPSA) is 78.4 Å². The molecule has 21 heavy (non-hydrogen) atoms. The van der Waals surface area contributed by atoms with Crippen molar-refractivity contribution >= 4 is 50.9 Å².